The molecule has 1 aliphatic heterocycles. The number of anilines is 2. The van der Waals surface area contributed by atoms with Gasteiger partial charge in [0.2, 0.25) is 5.95 Å². The van der Waals surface area contributed by atoms with Gasteiger partial charge in [0.15, 0.2) is 0 Å². The van der Waals surface area contributed by atoms with Crippen LogP contribution in [0, 0.1) is 0 Å². The molecule has 1 aromatic heterocycles. The predicted molar refractivity (Wildman–Crippen MR) is 72.1 cm³/mol. The molecule has 0 saturated heterocycles. The van der Waals surface area contributed by atoms with Crippen LogP contribution in [0.4, 0.5) is 11.6 Å². The van der Waals surface area contributed by atoms with Crippen LogP contribution in [0.25, 0.3) is 0 Å². The molecule has 0 amide bonds. The summed E-state index contributed by atoms with van der Waals surface area (Å²) in [6, 6.07) is 8.42. The van der Waals surface area contributed by atoms with E-state index >= 15 is 0 Å². The average Bonchev–Trinajstić information content (AvgIpc) is 2.88. The Hall–Kier alpha value is -2.04. The minimum Gasteiger partial charge on any atom is -0.384 e. The van der Waals surface area contributed by atoms with E-state index in [-0.39, 0.29) is 0 Å². The quantitative estimate of drug-likeness (QED) is 0.841. The van der Waals surface area contributed by atoms with Gasteiger partial charge in [-0.1, -0.05) is 18.2 Å². The van der Waals surface area contributed by atoms with E-state index in [1.807, 2.05) is 19.0 Å². The Balaban J connectivity index is 1.83. The lowest BCUT2D eigenvalue weighted by Crippen LogP contribution is -2.22. The number of nitrogens with one attached hydrogen (secondary N) is 2. The molecule has 3 rings (SSSR count). The minimum absolute atomic E-state index is 0.362. The molecule has 0 fully saturated rings. The predicted octanol–water partition coefficient (Wildman–Crippen LogP) is 1.62. The largest absolute Gasteiger partial charge is 0.384 e. The van der Waals surface area contributed by atoms with Crippen LogP contribution in [0.5, 0.6) is 0 Å². The second-order valence-electron chi connectivity index (χ2n) is 4.85. The summed E-state index contributed by atoms with van der Waals surface area (Å²) in [5.74, 6) is 2.06. The van der Waals surface area contributed by atoms with Crippen LogP contribution >= 0.6 is 0 Å². The summed E-state index contributed by atoms with van der Waals surface area (Å²) >= 11 is 0. The van der Waals surface area contributed by atoms with Crippen molar-refractivity contribution in [3.63, 3.8) is 0 Å². The molecule has 1 atom stereocenters. The van der Waals surface area contributed by atoms with Crippen LogP contribution in [-0.4, -0.2) is 35.8 Å². The smallest absolute Gasteiger partial charge is 0.244 e. The lowest BCUT2D eigenvalue weighted by molar-refractivity contribution is 0.651. The van der Waals surface area contributed by atoms with E-state index in [0.717, 1.165) is 24.7 Å². The Labute approximate surface area is 106 Å². The fourth-order valence-corrected chi connectivity index (χ4v) is 2.28. The molecule has 0 spiro atoms. The van der Waals surface area contributed by atoms with Gasteiger partial charge in [0, 0.05) is 32.2 Å². The highest BCUT2D eigenvalue weighted by atomic mass is 15.3. The van der Waals surface area contributed by atoms with Crippen LogP contribution in [0.15, 0.2) is 24.3 Å². The number of hydrogen-bond donors (Lipinski definition) is 2. The van der Waals surface area contributed by atoms with Crippen molar-refractivity contribution in [2.75, 3.05) is 30.9 Å². The van der Waals surface area contributed by atoms with E-state index in [4.69, 9.17) is 0 Å². The van der Waals surface area contributed by atoms with E-state index in [1.165, 1.54) is 11.3 Å². The summed E-state index contributed by atoms with van der Waals surface area (Å²) in [6.45, 7) is 0.902. The van der Waals surface area contributed by atoms with Gasteiger partial charge in [-0.3, -0.25) is 5.10 Å². The average molecular weight is 243 g/mol. The van der Waals surface area contributed by atoms with Gasteiger partial charge in [-0.25, -0.2) is 0 Å². The number of benzene rings is 1. The van der Waals surface area contributed by atoms with Gasteiger partial charge >= 0.3 is 0 Å². The van der Waals surface area contributed by atoms with Crippen molar-refractivity contribution >= 4 is 11.6 Å². The molecule has 2 aromatic rings. The number of para-hydroxylation sites is 1. The molecule has 1 aromatic carbocycles. The molecular formula is C13H17N5. The van der Waals surface area contributed by atoms with E-state index < -0.39 is 0 Å². The minimum atomic E-state index is 0.362. The zero-order chi connectivity index (χ0) is 12.5. The highest BCUT2D eigenvalue weighted by molar-refractivity contribution is 5.54. The molecule has 0 saturated carbocycles. The maximum Gasteiger partial charge on any atom is 0.244 e. The van der Waals surface area contributed by atoms with Crippen LogP contribution < -0.4 is 10.2 Å². The molecular weight excluding hydrogens is 226 g/mol. The molecule has 5 heteroatoms. The molecule has 2 heterocycles. The van der Waals surface area contributed by atoms with Gasteiger partial charge in [0.1, 0.15) is 5.82 Å². The first kappa shape index (κ1) is 11.1. The third-order valence-electron chi connectivity index (χ3n) is 3.30. The number of rotatable bonds is 2. The van der Waals surface area contributed by atoms with Crippen molar-refractivity contribution in [2.24, 2.45) is 0 Å². The first-order valence-corrected chi connectivity index (χ1v) is 6.15. The summed E-state index contributed by atoms with van der Waals surface area (Å²) in [6.07, 6.45) is 1.01. The molecule has 18 heavy (non-hydrogen) atoms. The maximum atomic E-state index is 4.53. The van der Waals surface area contributed by atoms with Crippen molar-refractivity contribution in [2.45, 2.75) is 12.3 Å². The fraction of sp³-hybridized carbons (Fsp3) is 0.385. The summed E-state index contributed by atoms with van der Waals surface area (Å²) < 4.78 is 0. The lowest BCUT2D eigenvalue weighted by atomic mass is 9.93. The lowest BCUT2D eigenvalue weighted by Gasteiger charge is -2.24. The second-order valence-corrected chi connectivity index (χ2v) is 4.85. The number of fused-ring (bicyclic) bond motifs is 1. The topological polar surface area (TPSA) is 56.8 Å². The zero-order valence-corrected chi connectivity index (χ0v) is 10.6. The van der Waals surface area contributed by atoms with Gasteiger partial charge in [-0.2, -0.15) is 4.98 Å². The highest BCUT2D eigenvalue weighted by Gasteiger charge is 2.22. The number of hydrogen-bond acceptors (Lipinski definition) is 4. The highest BCUT2D eigenvalue weighted by Crippen LogP contribution is 2.28. The van der Waals surface area contributed by atoms with Gasteiger partial charge in [-0.05, 0) is 18.1 Å². The molecule has 5 nitrogen and oxygen atoms in total. The SMILES string of the molecule is CN(C)c1n[nH]c(C2CNc3ccccc3C2)n1. The Morgan fingerprint density at radius 2 is 2.11 bits per heavy atom. The Kier molecular flexibility index (Phi) is 2.66. The number of aromatic nitrogens is 3. The molecule has 2 N–H and O–H groups in total. The summed E-state index contributed by atoms with van der Waals surface area (Å²) in [5, 5.41) is 10.7. The Morgan fingerprint density at radius 3 is 2.89 bits per heavy atom. The van der Waals surface area contributed by atoms with Gasteiger partial charge < -0.3 is 10.2 Å². The molecule has 0 aliphatic carbocycles. The van der Waals surface area contributed by atoms with Crippen molar-refractivity contribution < 1.29 is 0 Å². The van der Waals surface area contributed by atoms with E-state index in [2.05, 4.69) is 44.8 Å². The van der Waals surface area contributed by atoms with Crippen LogP contribution in [0.3, 0.4) is 0 Å². The monoisotopic (exact) mass is 243 g/mol. The van der Waals surface area contributed by atoms with Crippen molar-refractivity contribution in [1.29, 1.82) is 0 Å². The van der Waals surface area contributed by atoms with Crippen LogP contribution in [0.2, 0.25) is 0 Å². The van der Waals surface area contributed by atoms with Crippen molar-refractivity contribution in [3.8, 4) is 0 Å². The Morgan fingerprint density at radius 1 is 1.28 bits per heavy atom. The third kappa shape index (κ3) is 1.92. The Bertz CT molecular complexity index is 546. The van der Waals surface area contributed by atoms with Crippen molar-refractivity contribution in [3.05, 3.63) is 35.7 Å². The summed E-state index contributed by atoms with van der Waals surface area (Å²) in [4.78, 5) is 6.43. The van der Waals surface area contributed by atoms with E-state index in [0.29, 0.717) is 5.92 Å². The van der Waals surface area contributed by atoms with Gasteiger partial charge in [0.25, 0.3) is 0 Å². The standard InChI is InChI=1S/C13H17N5/c1-18(2)13-15-12(16-17-13)10-7-9-5-3-4-6-11(9)14-8-10/h3-6,10,14H,7-8H2,1-2H3,(H,15,16,17). The molecule has 94 valence electrons. The molecule has 1 unspecified atom stereocenters. The second kappa shape index (κ2) is 4.33. The maximum absolute atomic E-state index is 4.53. The first-order chi connectivity index (χ1) is 8.74. The van der Waals surface area contributed by atoms with Gasteiger partial charge in [-0.15, -0.1) is 5.10 Å². The summed E-state index contributed by atoms with van der Waals surface area (Å²) in [5.41, 5.74) is 2.58. The third-order valence-corrected chi connectivity index (χ3v) is 3.30. The van der Waals surface area contributed by atoms with Crippen LogP contribution in [-0.2, 0) is 6.42 Å². The first-order valence-electron chi connectivity index (χ1n) is 6.15. The molecule has 0 radical (unpaired) electrons. The van der Waals surface area contributed by atoms with Crippen molar-refractivity contribution in [1.82, 2.24) is 15.2 Å². The zero-order valence-electron chi connectivity index (χ0n) is 10.6. The number of H-pyrrole nitrogens is 1. The van der Waals surface area contributed by atoms with E-state index in [1.54, 1.807) is 0 Å². The fourth-order valence-electron chi connectivity index (χ4n) is 2.28. The summed E-state index contributed by atoms with van der Waals surface area (Å²) in [7, 11) is 3.89. The molecule has 0 bridgehead atoms. The van der Waals surface area contributed by atoms with Gasteiger partial charge in [0.05, 0.1) is 0 Å². The normalized spacial score (nSPS) is 18.0. The van der Waals surface area contributed by atoms with Crippen LogP contribution in [0.1, 0.15) is 17.3 Å². The molecule has 1 aliphatic rings. The van der Waals surface area contributed by atoms with E-state index in [9.17, 15) is 0 Å². The number of aromatic amines is 1. The number of nitrogens with zero attached hydrogens (tertiary/aromatic N) is 3.